The highest BCUT2D eigenvalue weighted by atomic mass is 79.9. The minimum Gasteiger partial charge on any atom is -0.497 e. The Hall–Kier alpha value is -1.52. The van der Waals surface area contributed by atoms with Crippen molar-refractivity contribution in [2.45, 2.75) is 6.42 Å². The van der Waals surface area contributed by atoms with Crippen LogP contribution in [0.4, 0.5) is 0 Å². The molecule has 3 nitrogen and oxygen atoms in total. The molecule has 0 saturated heterocycles. The van der Waals surface area contributed by atoms with Crippen LogP contribution in [0.1, 0.15) is 11.4 Å². The van der Waals surface area contributed by atoms with Gasteiger partial charge in [-0.25, -0.2) is 4.98 Å². The van der Waals surface area contributed by atoms with Crippen molar-refractivity contribution in [3.05, 3.63) is 57.3 Å². The molecule has 2 aromatic carbocycles. The lowest BCUT2D eigenvalue weighted by molar-refractivity contribution is 0.415. The van der Waals surface area contributed by atoms with E-state index in [2.05, 4.69) is 38.0 Å². The van der Waals surface area contributed by atoms with E-state index >= 15 is 0 Å². The van der Waals surface area contributed by atoms with Crippen LogP contribution < -0.4 is 4.74 Å². The normalized spacial score (nSPS) is 10.9. The number of rotatable bonds is 3. The third-order valence-corrected chi connectivity index (χ3v) is 3.90. The number of ether oxygens (including phenoxy) is 1. The first kappa shape index (κ1) is 13.5. The molecule has 20 heavy (non-hydrogen) atoms. The van der Waals surface area contributed by atoms with Gasteiger partial charge in [-0.1, -0.05) is 39.7 Å². The standard InChI is InChI=1S/C15H12BrClN2O/c1-20-11-7-12(17)15-13(8-11)18-14(19-15)6-9-2-4-10(16)5-3-9/h2-5,7-8H,6H2,1H3,(H,18,19). The van der Waals surface area contributed by atoms with Gasteiger partial charge in [0.15, 0.2) is 0 Å². The van der Waals surface area contributed by atoms with Crippen molar-refractivity contribution in [3.8, 4) is 5.75 Å². The SMILES string of the molecule is COc1cc(Cl)c2nc(Cc3ccc(Br)cc3)[nH]c2c1. The molecule has 0 radical (unpaired) electrons. The number of nitrogens with one attached hydrogen (secondary N) is 1. The van der Waals surface area contributed by atoms with Gasteiger partial charge in [-0.2, -0.15) is 0 Å². The first-order valence-corrected chi connectivity index (χ1v) is 7.29. The molecule has 3 aromatic rings. The molecule has 0 saturated carbocycles. The summed E-state index contributed by atoms with van der Waals surface area (Å²) in [6, 6.07) is 11.9. The molecule has 0 aliphatic carbocycles. The Labute approximate surface area is 130 Å². The fourth-order valence-electron chi connectivity index (χ4n) is 2.10. The summed E-state index contributed by atoms with van der Waals surface area (Å²) in [5.74, 6) is 1.61. The lowest BCUT2D eigenvalue weighted by atomic mass is 10.1. The van der Waals surface area contributed by atoms with Crippen LogP contribution in [-0.4, -0.2) is 17.1 Å². The van der Waals surface area contributed by atoms with Gasteiger partial charge in [0, 0.05) is 23.0 Å². The summed E-state index contributed by atoms with van der Waals surface area (Å²) in [5.41, 5.74) is 2.86. The predicted octanol–water partition coefficient (Wildman–Crippen LogP) is 4.58. The fraction of sp³-hybridized carbons (Fsp3) is 0.133. The van der Waals surface area contributed by atoms with Gasteiger partial charge in [-0.15, -0.1) is 0 Å². The first-order chi connectivity index (χ1) is 9.65. The van der Waals surface area contributed by atoms with Gasteiger partial charge >= 0.3 is 0 Å². The Morgan fingerprint density at radius 3 is 2.70 bits per heavy atom. The molecular formula is C15H12BrClN2O. The third-order valence-electron chi connectivity index (χ3n) is 3.08. The lowest BCUT2D eigenvalue weighted by Gasteiger charge is -1.99. The minimum absolute atomic E-state index is 0.595. The number of fused-ring (bicyclic) bond motifs is 1. The van der Waals surface area contributed by atoms with Crippen LogP contribution in [0.5, 0.6) is 5.75 Å². The maximum Gasteiger partial charge on any atom is 0.122 e. The van der Waals surface area contributed by atoms with Gasteiger partial charge in [0.1, 0.15) is 17.1 Å². The summed E-state index contributed by atoms with van der Waals surface area (Å²) in [5, 5.41) is 0.595. The summed E-state index contributed by atoms with van der Waals surface area (Å²) in [6.45, 7) is 0. The van der Waals surface area contributed by atoms with Crippen molar-refractivity contribution in [2.24, 2.45) is 0 Å². The van der Waals surface area contributed by atoms with Crippen molar-refractivity contribution >= 4 is 38.6 Å². The summed E-state index contributed by atoms with van der Waals surface area (Å²) < 4.78 is 6.27. The highest BCUT2D eigenvalue weighted by Crippen LogP contribution is 2.28. The maximum atomic E-state index is 6.21. The van der Waals surface area contributed by atoms with E-state index in [0.717, 1.165) is 33.5 Å². The monoisotopic (exact) mass is 350 g/mol. The van der Waals surface area contributed by atoms with Crippen LogP contribution in [-0.2, 0) is 6.42 Å². The number of imidazole rings is 1. The van der Waals surface area contributed by atoms with E-state index in [0.29, 0.717) is 5.02 Å². The van der Waals surface area contributed by atoms with E-state index in [9.17, 15) is 0 Å². The van der Waals surface area contributed by atoms with Crippen LogP contribution in [0.15, 0.2) is 40.9 Å². The summed E-state index contributed by atoms with van der Waals surface area (Å²) in [7, 11) is 1.62. The van der Waals surface area contributed by atoms with E-state index in [1.165, 1.54) is 5.56 Å². The minimum atomic E-state index is 0.595. The number of H-pyrrole nitrogens is 1. The second-order valence-corrected chi connectivity index (χ2v) is 5.82. The van der Waals surface area contributed by atoms with Gasteiger partial charge < -0.3 is 9.72 Å². The molecule has 3 rings (SSSR count). The zero-order chi connectivity index (χ0) is 14.1. The molecule has 0 aliphatic heterocycles. The van der Waals surface area contributed by atoms with Crippen LogP contribution >= 0.6 is 27.5 Å². The molecule has 0 aliphatic rings. The Bertz CT molecular complexity index is 752. The zero-order valence-electron chi connectivity index (χ0n) is 10.8. The quantitative estimate of drug-likeness (QED) is 0.750. The molecule has 0 spiro atoms. The maximum absolute atomic E-state index is 6.21. The van der Waals surface area contributed by atoms with Crippen molar-refractivity contribution < 1.29 is 4.74 Å². The Balaban J connectivity index is 1.96. The molecule has 5 heteroatoms. The topological polar surface area (TPSA) is 37.9 Å². The van der Waals surface area contributed by atoms with Crippen molar-refractivity contribution in [1.82, 2.24) is 9.97 Å². The number of aromatic amines is 1. The number of methoxy groups -OCH3 is 1. The molecule has 1 heterocycles. The highest BCUT2D eigenvalue weighted by molar-refractivity contribution is 9.10. The van der Waals surface area contributed by atoms with E-state index in [4.69, 9.17) is 16.3 Å². The van der Waals surface area contributed by atoms with Crippen molar-refractivity contribution in [2.75, 3.05) is 7.11 Å². The Kier molecular flexibility index (Phi) is 3.68. The molecule has 0 unspecified atom stereocenters. The third kappa shape index (κ3) is 2.67. The molecule has 0 bridgehead atoms. The molecule has 0 atom stereocenters. The van der Waals surface area contributed by atoms with Crippen molar-refractivity contribution in [1.29, 1.82) is 0 Å². The first-order valence-electron chi connectivity index (χ1n) is 6.12. The smallest absolute Gasteiger partial charge is 0.122 e. The second kappa shape index (κ2) is 5.46. The summed E-state index contributed by atoms with van der Waals surface area (Å²) in [4.78, 5) is 7.84. The number of hydrogen-bond donors (Lipinski definition) is 1. The average Bonchev–Trinajstić information content (AvgIpc) is 2.84. The Morgan fingerprint density at radius 1 is 1.25 bits per heavy atom. The number of halogens is 2. The van der Waals surface area contributed by atoms with E-state index in [-0.39, 0.29) is 0 Å². The number of benzene rings is 2. The molecular weight excluding hydrogens is 340 g/mol. The van der Waals surface area contributed by atoms with Crippen LogP contribution in [0, 0.1) is 0 Å². The molecule has 0 fully saturated rings. The average molecular weight is 352 g/mol. The second-order valence-electron chi connectivity index (χ2n) is 4.49. The molecule has 0 amide bonds. The fourth-order valence-corrected chi connectivity index (χ4v) is 2.61. The summed E-state index contributed by atoms with van der Waals surface area (Å²) in [6.07, 6.45) is 0.737. The van der Waals surface area contributed by atoms with Gasteiger partial charge in [0.25, 0.3) is 0 Å². The molecule has 1 N–H and O–H groups in total. The molecule has 102 valence electrons. The van der Waals surface area contributed by atoms with E-state index in [1.54, 1.807) is 13.2 Å². The predicted molar refractivity (Wildman–Crippen MR) is 84.6 cm³/mol. The number of nitrogens with zero attached hydrogens (tertiary/aromatic N) is 1. The highest BCUT2D eigenvalue weighted by Gasteiger charge is 2.09. The van der Waals surface area contributed by atoms with Crippen LogP contribution in [0.2, 0.25) is 5.02 Å². The summed E-state index contributed by atoms with van der Waals surface area (Å²) >= 11 is 9.64. The van der Waals surface area contributed by atoms with Crippen molar-refractivity contribution in [3.63, 3.8) is 0 Å². The Morgan fingerprint density at radius 2 is 2.00 bits per heavy atom. The van der Waals surface area contributed by atoms with Crippen LogP contribution in [0.25, 0.3) is 11.0 Å². The molecule has 1 aromatic heterocycles. The van der Waals surface area contributed by atoms with Crippen LogP contribution in [0.3, 0.4) is 0 Å². The lowest BCUT2D eigenvalue weighted by Crippen LogP contribution is -1.89. The van der Waals surface area contributed by atoms with E-state index in [1.807, 2.05) is 18.2 Å². The number of aromatic nitrogens is 2. The van der Waals surface area contributed by atoms with Gasteiger partial charge in [0.2, 0.25) is 0 Å². The largest absolute Gasteiger partial charge is 0.497 e. The van der Waals surface area contributed by atoms with Gasteiger partial charge in [-0.05, 0) is 17.7 Å². The number of hydrogen-bond acceptors (Lipinski definition) is 2. The van der Waals surface area contributed by atoms with Gasteiger partial charge in [-0.3, -0.25) is 0 Å². The zero-order valence-corrected chi connectivity index (χ0v) is 13.1. The van der Waals surface area contributed by atoms with E-state index < -0.39 is 0 Å². The van der Waals surface area contributed by atoms with Gasteiger partial charge in [0.05, 0.1) is 17.6 Å².